The lowest BCUT2D eigenvalue weighted by Gasteiger charge is -2.13. The van der Waals surface area contributed by atoms with E-state index in [1.54, 1.807) is 0 Å². The zero-order valence-corrected chi connectivity index (χ0v) is 10.7. The van der Waals surface area contributed by atoms with Crippen LogP contribution in [0.4, 0.5) is 13.2 Å². The molecule has 0 aliphatic rings. The molecule has 20 heavy (non-hydrogen) atoms. The Balaban J connectivity index is 2.16. The number of ether oxygens (including phenoxy) is 1. The second-order valence-electron chi connectivity index (χ2n) is 4.40. The van der Waals surface area contributed by atoms with Crippen LogP contribution in [0.15, 0.2) is 36.4 Å². The zero-order valence-electron chi connectivity index (χ0n) is 10.7. The Morgan fingerprint density at radius 3 is 2.45 bits per heavy atom. The van der Waals surface area contributed by atoms with Crippen LogP contribution in [-0.4, -0.2) is 5.11 Å². The average Bonchev–Trinajstić information content (AvgIpc) is 2.41. The molecule has 0 heterocycles. The number of hydrogen-bond donors (Lipinski definition) is 1. The van der Waals surface area contributed by atoms with E-state index < -0.39 is 23.6 Å². The number of hydrogen-bond acceptors (Lipinski definition) is 2. The molecule has 106 valence electrons. The fourth-order valence-corrected chi connectivity index (χ4v) is 1.77. The molecule has 0 radical (unpaired) electrons. The molecule has 0 saturated heterocycles. The first-order valence-corrected chi connectivity index (χ1v) is 6.01. The summed E-state index contributed by atoms with van der Waals surface area (Å²) >= 11 is 0. The Hall–Kier alpha value is -2.01. The number of halogens is 3. The molecule has 1 N–H and O–H groups in total. The predicted molar refractivity (Wildman–Crippen MR) is 67.7 cm³/mol. The quantitative estimate of drug-likeness (QED) is 0.925. The van der Waals surface area contributed by atoms with Crippen molar-refractivity contribution in [3.05, 3.63) is 65.0 Å². The van der Waals surface area contributed by atoms with E-state index in [2.05, 4.69) is 0 Å². The van der Waals surface area contributed by atoms with Gasteiger partial charge in [-0.15, -0.1) is 0 Å². The largest absolute Gasteiger partial charge is 0.489 e. The molecule has 0 amide bonds. The van der Waals surface area contributed by atoms with Gasteiger partial charge in [0.05, 0.1) is 6.10 Å². The minimum Gasteiger partial charge on any atom is -0.489 e. The molecular weight excluding hydrogens is 269 g/mol. The minimum absolute atomic E-state index is 0.0114. The highest BCUT2D eigenvalue weighted by atomic mass is 19.2. The van der Waals surface area contributed by atoms with Gasteiger partial charge in [-0.25, -0.2) is 13.2 Å². The Morgan fingerprint density at radius 1 is 1.05 bits per heavy atom. The molecule has 0 unspecified atom stereocenters. The van der Waals surface area contributed by atoms with Gasteiger partial charge in [-0.3, -0.25) is 0 Å². The minimum atomic E-state index is -0.957. The first-order chi connectivity index (χ1) is 9.47. The molecule has 0 aliphatic carbocycles. The lowest BCUT2D eigenvalue weighted by Crippen LogP contribution is -2.02. The van der Waals surface area contributed by atoms with Gasteiger partial charge >= 0.3 is 0 Å². The fraction of sp³-hybridized carbons (Fsp3) is 0.200. The summed E-state index contributed by atoms with van der Waals surface area (Å²) in [5.41, 5.74) is 0.734. The van der Waals surface area contributed by atoms with E-state index in [9.17, 15) is 18.3 Å². The van der Waals surface area contributed by atoms with Crippen LogP contribution in [0.3, 0.4) is 0 Å². The van der Waals surface area contributed by atoms with Crippen LogP contribution in [0.2, 0.25) is 0 Å². The number of rotatable bonds is 4. The molecule has 2 nitrogen and oxygen atoms in total. The first kappa shape index (κ1) is 14.4. The van der Waals surface area contributed by atoms with Crippen LogP contribution in [0.5, 0.6) is 5.75 Å². The summed E-state index contributed by atoms with van der Waals surface area (Å²) < 4.78 is 44.4. The third-order valence-electron chi connectivity index (χ3n) is 2.80. The molecule has 2 aromatic rings. The van der Waals surface area contributed by atoms with E-state index in [4.69, 9.17) is 4.74 Å². The third kappa shape index (κ3) is 3.30. The van der Waals surface area contributed by atoms with Crippen LogP contribution in [-0.2, 0) is 6.61 Å². The van der Waals surface area contributed by atoms with Gasteiger partial charge in [-0.05, 0) is 42.8 Å². The topological polar surface area (TPSA) is 29.5 Å². The predicted octanol–water partition coefficient (Wildman–Crippen LogP) is 3.74. The number of benzene rings is 2. The Bertz CT molecular complexity index is 612. The summed E-state index contributed by atoms with van der Waals surface area (Å²) in [7, 11) is 0. The van der Waals surface area contributed by atoms with Gasteiger partial charge in [-0.1, -0.05) is 6.07 Å². The maximum Gasteiger partial charge on any atom is 0.159 e. The molecule has 0 bridgehead atoms. The number of aliphatic hydroxyl groups excluding tert-OH is 1. The van der Waals surface area contributed by atoms with Crippen LogP contribution in [0, 0.1) is 17.5 Å². The van der Waals surface area contributed by atoms with Gasteiger partial charge in [0, 0.05) is 5.56 Å². The van der Waals surface area contributed by atoms with Crippen LogP contribution in [0.1, 0.15) is 24.2 Å². The van der Waals surface area contributed by atoms with Crippen LogP contribution >= 0.6 is 0 Å². The van der Waals surface area contributed by atoms with Gasteiger partial charge in [0.2, 0.25) is 0 Å². The van der Waals surface area contributed by atoms with Crippen molar-refractivity contribution in [2.45, 2.75) is 19.6 Å². The Kier molecular flexibility index (Phi) is 4.29. The van der Waals surface area contributed by atoms with Crippen molar-refractivity contribution < 1.29 is 23.0 Å². The summed E-state index contributed by atoms with van der Waals surface area (Å²) in [6.07, 6.45) is -0.898. The molecule has 1 atom stereocenters. The summed E-state index contributed by atoms with van der Waals surface area (Å²) in [5.74, 6) is -2.08. The summed E-state index contributed by atoms with van der Waals surface area (Å²) in [5, 5.41) is 9.55. The Morgan fingerprint density at radius 2 is 1.80 bits per heavy atom. The highest BCUT2D eigenvalue weighted by molar-refractivity contribution is 5.35. The van der Waals surface area contributed by atoms with Crippen LogP contribution < -0.4 is 4.74 Å². The monoisotopic (exact) mass is 282 g/mol. The molecule has 0 aromatic heterocycles. The SMILES string of the molecule is C[C@@H](O)c1cc(F)ccc1OCc1ccc(F)c(F)c1. The second-order valence-corrected chi connectivity index (χ2v) is 4.40. The fourth-order valence-electron chi connectivity index (χ4n) is 1.77. The molecule has 2 aromatic carbocycles. The summed E-state index contributed by atoms with van der Waals surface area (Å²) in [4.78, 5) is 0. The molecule has 0 saturated carbocycles. The molecule has 2 rings (SSSR count). The molecule has 5 heteroatoms. The van der Waals surface area contributed by atoms with Gasteiger partial charge in [0.25, 0.3) is 0 Å². The van der Waals surface area contributed by atoms with Crippen LogP contribution in [0.25, 0.3) is 0 Å². The van der Waals surface area contributed by atoms with Crippen molar-refractivity contribution in [2.75, 3.05) is 0 Å². The first-order valence-electron chi connectivity index (χ1n) is 6.01. The lowest BCUT2D eigenvalue weighted by atomic mass is 10.1. The molecule has 0 spiro atoms. The highest BCUT2D eigenvalue weighted by Crippen LogP contribution is 2.26. The third-order valence-corrected chi connectivity index (χ3v) is 2.80. The van der Waals surface area contributed by atoms with E-state index in [-0.39, 0.29) is 6.61 Å². The van der Waals surface area contributed by atoms with Crippen molar-refractivity contribution in [1.29, 1.82) is 0 Å². The van der Waals surface area contributed by atoms with Crippen molar-refractivity contribution in [3.8, 4) is 5.75 Å². The van der Waals surface area contributed by atoms with Gasteiger partial charge in [0.15, 0.2) is 11.6 Å². The zero-order chi connectivity index (χ0) is 14.7. The van der Waals surface area contributed by atoms with Gasteiger partial charge in [0.1, 0.15) is 18.2 Å². The van der Waals surface area contributed by atoms with Gasteiger partial charge < -0.3 is 9.84 Å². The normalized spacial score (nSPS) is 12.2. The standard InChI is InChI=1S/C15H13F3O2/c1-9(19)12-7-11(16)3-5-15(12)20-8-10-2-4-13(17)14(18)6-10/h2-7,9,19H,8H2,1H3/t9-/m1/s1. The summed E-state index contributed by atoms with van der Waals surface area (Å²) in [6, 6.07) is 7.19. The van der Waals surface area contributed by atoms with Crippen molar-refractivity contribution in [2.24, 2.45) is 0 Å². The Labute approximate surface area is 114 Å². The molecule has 0 fully saturated rings. The highest BCUT2D eigenvalue weighted by Gasteiger charge is 2.11. The summed E-state index contributed by atoms with van der Waals surface area (Å²) in [6.45, 7) is 1.47. The van der Waals surface area contributed by atoms with Gasteiger partial charge in [-0.2, -0.15) is 0 Å². The molecular formula is C15H13F3O2. The van der Waals surface area contributed by atoms with E-state index in [1.165, 1.54) is 31.2 Å². The van der Waals surface area contributed by atoms with E-state index in [1.807, 2.05) is 0 Å². The van der Waals surface area contributed by atoms with Crippen molar-refractivity contribution >= 4 is 0 Å². The van der Waals surface area contributed by atoms with E-state index in [0.29, 0.717) is 16.9 Å². The average molecular weight is 282 g/mol. The van der Waals surface area contributed by atoms with Crippen molar-refractivity contribution in [1.82, 2.24) is 0 Å². The second kappa shape index (κ2) is 5.96. The smallest absolute Gasteiger partial charge is 0.159 e. The number of aliphatic hydroxyl groups is 1. The van der Waals surface area contributed by atoms with Crippen molar-refractivity contribution in [3.63, 3.8) is 0 Å². The van der Waals surface area contributed by atoms with E-state index >= 15 is 0 Å². The van der Waals surface area contributed by atoms with E-state index in [0.717, 1.165) is 12.1 Å². The maximum absolute atomic E-state index is 13.1. The lowest BCUT2D eigenvalue weighted by molar-refractivity contribution is 0.189. The maximum atomic E-state index is 13.1. The molecule has 0 aliphatic heterocycles.